The van der Waals surface area contributed by atoms with Crippen LogP contribution in [0.25, 0.3) is 0 Å². The van der Waals surface area contributed by atoms with Crippen molar-refractivity contribution >= 4 is 17.6 Å². The molecule has 0 saturated carbocycles. The zero-order chi connectivity index (χ0) is 22.7. The van der Waals surface area contributed by atoms with Crippen LogP contribution in [0.2, 0.25) is 0 Å². The van der Waals surface area contributed by atoms with Crippen LogP contribution in [0.15, 0.2) is 24.3 Å². The fourth-order valence-electron chi connectivity index (χ4n) is 4.58. The van der Waals surface area contributed by atoms with Gasteiger partial charge in [-0.2, -0.15) is 0 Å². The Hall–Kier alpha value is -3.00. The average Bonchev–Trinajstić information content (AvgIpc) is 2.83. The molecular weight excluding hydrogens is 406 g/mol. The summed E-state index contributed by atoms with van der Waals surface area (Å²) < 4.78 is 5.17. The highest BCUT2D eigenvalue weighted by molar-refractivity contribution is 5.94. The molecule has 1 atom stereocenters. The summed E-state index contributed by atoms with van der Waals surface area (Å²) in [5.41, 5.74) is 3.65. The van der Waals surface area contributed by atoms with Crippen LogP contribution in [-0.2, 0) is 29.1 Å². The number of likely N-dealkylation sites (tertiary alicyclic amines) is 1. The zero-order valence-electron chi connectivity index (χ0n) is 19.1. The van der Waals surface area contributed by atoms with Crippen molar-refractivity contribution in [1.82, 2.24) is 19.8 Å². The maximum Gasteiger partial charge on any atom is 0.254 e. The van der Waals surface area contributed by atoms with E-state index < -0.39 is 0 Å². The molecule has 2 amide bonds. The Balaban J connectivity index is 1.62. The lowest BCUT2D eigenvalue weighted by molar-refractivity contribution is -0.129. The van der Waals surface area contributed by atoms with Gasteiger partial charge in [-0.15, -0.1) is 0 Å². The number of hydrogen-bond donors (Lipinski definition) is 1. The van der Waals surface area contributed by atoms with Gasteiger partial charge in [0.15, 0.2) is 5.82 Å². The summed E-state index contributed by atoms with van der Waals surface area (Å²) in [4.78, 5) is 38.7. The first-order valence-corrected chi connectivity index (χ1v) is 11.2. The predicted molar refractivity (Wildman–Crippen MR) is 121 cm³/mol. The van der Waals surface area contributed by atoms with Gasteiger partial charge < -0.3 is 19.9 Å². The molecule has 0 spiro atoms. The van der Waals surface area contributed by atoms with Crippen molar-refractivity contribution in [2.45, 2.75) is 51.8 Å². The second kappa shape index (κ2) is 9.65. The molecular formula is C24H31N5O3. The minimum Gasteiger partial charge on any atom is -0.380 e. The van der Waals surface area contributed by atoms with Crippen molar-refractivity contribution < 1.29 is 14.3 Å². The van der Waals surface area contributed by atoms with E-state index in [1.807, 2.05) is 41.1 Å². The largest absolute Gasteiger partial charge is 0.380 e. The number of nitrogens with zero attached hydrogens (tertiary/aromatic N) is 4. The van der Waals surface area contributed by atoms with Gasteiger partial charge in [-0.25, -0.2) is 9.97 Å². The first kappa shape index (κ1) is 22.2. The monoisotopic (exact) mass is 437 g/mol. The SMILES string of the molecule is CNc1nc([C@@H]2CCCCN2C(=O)c2ccc(COC)cc2)nc2c1CN(C(C)=O)CC2. The molecule has 0 unspecified atom stereocenters. The number of aromatic nitrogens is 2. The summed E-state index contributed by atoms with van der Waals surface area (Å²) >= 11 is 0. The topological polar surface area (TPSA) is 87.7 Å². The number of amides is 2. The minimum atomic E-state index is -0.155. The number of fused-ring (bicyclic) bond motifs is 1. The number of rotatable bonds is 5. The van der Waals surface area contributed by atoms with Crippen molar-refractivity contribution in [3.05, 3.63) is 52.5 Å². The van der Waals surface area contributed by atoms with E-state index in [9.17, 15) is 9.59 Å². The molecule has 1 aromatic carbocycles. The van der Waals surface area contributed by atoms with Crippen molar-refractivity contribution in [3.63, 3.8) is 0 Å². The van der Waals surface area contributed by atoms with Gasteiger partial charge in [-0.05, 0) is 37.0 Å². The van der Waals surface area contributed by atoms with E-state index in [1.54, 1.807) is 14.0 Å². The quantitative estimate of drug-likeness (QED) is 0.774. The molecule has 1 N–H and O–H groups in total. The first-order chi connectivity index (χ1) is 15.5. The van der Waals surface area contributed by atoms with Gasteiger partial charge in [-0.1, -0.05) is 12.1 Å². The van der Waals surface area contributed by atoms with E-state index in [1.165, 1.54) is 0 Å². The molecule has 0 aliphatic carbocycles. The zero-order valence-corrected chi connectivity index (χ0v) is 19.1. The Bertz CT molecular complexity index is 975. The lowest BCUT2D eigenvalue weighted by Gasteiger charge is -2.36. The smallest absolute Gasteiger partial charge is 0.254 e. The summed E-state index contributed by atoms with van der Waals surface area (Å²) in [6, 6.07) is 7.45. The van der Waals surface area contributed by atoms with Crippen LogP contribution in [-0.4, -0.2) is 58.8 Å². The molecule has 8 heteroatoms. The van der Waals surface area contributed by atoms with Gasteiger partial charge in [0, 0.05) is 51.7 Å². The maximum atomic E-state index is 13.4. The van der Waals surface area contributed by atoms with E-state index in [4.69, 9.17) is 14.7 Å². The molecule has 4 rings (SSSR count). The number of carbonyl (C=O) groups excluding carboxylic acids is 2. The summed E-state index contributed by atoms with van der Waals surface area (Å²) in [5.74, 6) is 1.50. The highest BCUT2D eigenvalue weighted by Crippen LogP contribution is 2.33. The van der Waals surface area contributed by atoms with Crippen LogP contribution in [0, 0.1) is 0 Å². The van der Waals surface area contributed by atoms with Crippen molar-refractivity contribution in [3.8, 4) is 0 Å². The van der Waals surface area contributed by atoms with E-state index in [0.717, 1.165) is 41.9 Å². The molecule has 1 aromatic heterocycles. The van der Waals surface area contributed by atoms with Crippen LogP contribution < -0.4 is 5.32 Å². The molecule has 0 bridgehead atoms. The summed E-state index contributed by atoms with van der Waals surface area (Å²) in [7, 11) is 3.50. The third-order valence-electron chi connectivity index (χ3n) is 6.33. The molecule has 3 heterocycles. The van der Waals surface area contributed by atoms with Gasteiger partial charge >= 0.3 is 0 Å². The molecule has 2 aliphatic heterocycles. The number of methoxy groups -OCH3 is 1. The van der Waals surface area contributed by atoms with E-state index in [0.29, 0.717) is 44.0 Å². The van der Waals surface area contributed by atoms with Crippen LogP contribution >= 0.6 is 0 Å². The molecule has 32 heavy (non-hydrogen) atoms. The number of nitrogens with one attached hydrogen (secondary N) is 1. The Labute approximate surface area is 189 Å². The number of hydrogen-bond acceptors (Lipinski definition) is 6. The number of ether oxygens (including phenoxy) is 1. The normalized spacial score (nSPS) is 18.3. The fourth-order valence-corrected chi connectivity index (χ4v) is 4.58. The van der Waals surface area contributed by atoms with Crippen LogP contribution in [0.3, 0.4) is 0 Å². The number of benzene rings is 1. The maximum absolute atomic E-state index is 13.4. The van der Waals surface area contributed by atoms with Crippen LogP contribution in [0.5, 0.6) is 0 Å². The lowest BCUT2D eigenvalue weighted by atomic mass is 9.98. The first-order valence-electron chi connectivity index (χ1n) is 11.2. The van der Waals surface area contributed by atoms with Gasteiger partial charge in [0.05, 0.1) is 24.9 Å². The highest BCUT2D eigenvalue weighted by Gasteiger charge is 2.33. The van der Waals surface area contributed by atoms with Gasteiger partial charge in [0.1, 0.15) is 5.82 Å². The average molecular weight is 438 g/mol. The van der Waals surface area contributed by atoms with Crippen LogP contribution in [0.4, 0.5) is 5.82 Å². The van der Waals surface area contributed by atoms with Gasteiger partial charge in [0.2, 0.25) is 5.91 Å². The number of carbonyl (C=O) groups is 2. The molecule has 1 saturated heterocycles. The molecule has 2 aromatic rings. The Morgan fingerprint density at radius 2 is 1.94 bits per heavy atom. The lowest BCUT2D eigenvalue weighted by Crippen LogP contribution is -2.40. The summed E-state index contributed by atoms with van der Waals surface area (Å²) in [6.07, 6.45) is 3.55. The number of anilines is 1. The molecule has 8 nitrogen and oxygen atoms in total. The molecule has 1 fully saturated rings. The van der Waals surface area contributed by atoms with E-state index in [-0.39, 0.29) is 17.9 Å². The van der Waals surface area contributed by atoms with Gasteiger partial charge in [-0.3, -0.25) is 9.59 Å². The molecule has 0 radical (unpaired) electrons. The van der Waals surface area contributed by atoms with Crippen molar-refractivity contribution in [2.24, 2.45) is 0 Å². The van der Waals surface area contributed by atoms with E-state index >= 15 is 0 Å². The number of piperidine rings is 1. The highest BCUT2D eigenvalue weighted by atomic mass is 16.5. The summed E-state index contributed by atoms with van der Waals surface area (Å²) in [6.45, 7) is 3.98. The Kier molecular flexibility index (Phi) is 6.69. The fraction of sp³-hybridized carbons (Fsp3) is 0.500. The summed E-state index contributed by atoms with van der Waals surface area (Å²) in [5, 5.41) is 3.18. The third kappa shape index (κ3) is 4.46. The Morgan fingerprint density at radius 1 is 1.16 bits per heavy atom. The molecule has 170 valence electrons. The van der Waals surface area contributed by atoms with Gasteiger partial charge in [0.25, 0.3) is 5.91 Å². The van der Waals surface area contributed by atoms with Crippen LogP contribution in [0.1, 0.15) is 65.2 Å². The minimum absolute atomic E-state index is 0.00810. The predicted octanol–water partition coefficient (Wildman–Crippen LogP) is 2.94. The second-order valence-electron chi connectivity index (χ2n) is 8.44. The standard InChI is InChI=1S/C24H31N5O3/c1-16(30)28-13-11-20-19(14-28)22(25-2)27-23(26-20)21-6-4-5-12-29(21)24(31)18-9-7-17(8-10-18)15-32-3/h7-10,21H,4-6,11-15H2,1-3H3,(H,25,26,27)/t21-/m0/s1. The molecule has 2 aliphatic rings. The van der Waals surface area contributed by atoms with Crippen molar-refractivity contribution in [1.29, 1.82) is 0 Å². The van der Waals surface area contributed by atoms with E-state index in [2.05, 4.69) is 5.32 Å². The van der Waals surface area contributed by atoms with Crippen molar-refractivity contribution in [2.75, 3.05) is 32.6 Å². The Morgan fingerprint density at radius 3 is 2.62 bits per heavy atom. The second-order valence-corrected chi connectivity index (χ2v) is 8.44. The third-order valence-corrected chi connectivity index (χ3v) is 6.33.